The van der Waals surface area contributed by atoms with E-state index in [0.29, 0.717) is 23.3 Å². The molecule has 0 unspecified atom stereocenters. The standard InChI is InChI=1S/C28H34O2/c1-15(2)21-13-22(16(3)4)24(26-12-18(6)10-20(8)28(26)30)14-23(21)25-11-17(5)9-19(7)27(25)29/h9-16,29-30H,1-8H3. The van der Waals surface area contributed by atoms with Crippen LogP contribution in [0.3, 0.4) is 0 Å². The lowest BCUT2D eigenvalue weighted by Gasteiger charge is -2.23. The van der Waals surface area contributed by atoms with Gasteiger partial charge in [-0.15, -0.1) is 0 Å². The van der Waals surface area contributed by atoms with Gasteiger partial charge in [0, 0.05) is 11.1 Å². The fourth-order valence-corrected chi connectivity index (χ4v) is 4.39. The zero-order valence-electron chi connectivity index (χ0n) is 19.5. The van der Waals surface area contributed by atoms with E-state index in [1.54, 1.807) is 0 Å². The van der Waals surface area contributed by atoms with Crippen molar-refractivity contribution in [2.45, 2.75) is 67.2 Å². The zero-order valence-corrected chi connectivity index (χ0v) is 19.5. The van der Waals surface area contributed by atoms with Crippen LogP contribution in [0.5, 0.6) is 11.5 Å². The van der Waals surface area contributed by atoms with E-state index in [0.717, 1.165) is 44.5 Å². The second-order valence-corrected chi connectivity index (χ2v) is 9.29. The highest BCUT2D eigenvalue weighted by molar-refractivity contribution is 5.84. The third kappa shape index (κ3) is 3.96. The van der Waals surface area contributed by atoms with Gasteiger partial charge in [0.25, 0.3) is 0 Å². The van der Waals surface area contributed by atoms with Crippen LogP contribution in [0, 0.1) is 27.7 Å². The molecule has 0 heterocycles. The molecule has 2 N–H and O–H groups in total. The molecule has 0 bridgehead atoms. The fourth-order valence-electron chi connectivity index (χ4n) is 4.39. The number of phenols is 2. The van der Waals surface area contributed by atoms with Gasteiger partial charge in [-0.25, -0.2) is 0 Å². The molecule has 0 radical (unpaired) electrons. The summed E-state index contributed by atoms with van der Waals surface area (Å²) in [6, 6.07) is 12.6. The highest BCUT2D eigenvalue weighted by atomic mass is 16.3. The van der Waals surface area contributed by atoms with E-state index >= 15 is 0 Å². The van der Waals surface area contributed by atoms with Crippen LogP contribution < -0.4 is 0 Å². The predicted octanol–water partition coefficient (Wildman–Crippen LogP) is 7.91. The zero-order chi connectivity index (χ0) is 22.3. The molecule has 3 aromatic carbocycles. The maximum Gasteiger partial charge on any atom is 0.126 e. The van der Waals surface area contributed by atoms with Crippen LogP contribution in [-0.4, -0.2) is 10.2 Å². The Bertz CT molecular complexity index is 1020. The van der Waals surface area contributed by atoms with Crippen molar-refractivity contribution in [1.82, 2.24) is 0 Å². The Morgan fingerprint density at radius 3 is 1.20 bits per heavy atom. The Hall–Kier alpha value is -2.74. The van der Waals surface area contributed by atoms with Gasteiger partial charge < -0.3 is 10.2 Å². The summed E-state index contributed by atoms with van der Waals surface area (Å²) in [6.45, 7) is 16.8. The van der Waals surface area contributed by atoms with E-state index in [1.165, 1.54) is 11.1 Å². The van der Waals surface area contributed by atoms with Gasteiger partial charge in [-0.2, -0.15) is 0 Å². The number of aromatic hydroxyl groups is 2. The molecule has 0 saturated carbocycles. The molecule has 2 heteroatoms. The highest BCUT2D eigenvalue weighted by Crippen LogP contribution is 2.45. The van der Waals surface area contributed by atoms with Crippen LogP contribution >= 0.6 is 0 Å². The highest BCUT2D eigenvalue weighted by Gasteiger charge is 2.21. The molecule has 2 nitrogen and oxygen atoms in total. The van der Waals surface area contributed by atoms with E-state index in [2.05, 4.69) is 65.8 Å². The Morgan fingerprint density at radius 2 is 0.867 bits per heavy atom. The Labute approximate surface area is 181 Å². The Morgan fingerprint density at radius 1 is 0.500 bits per heavy atom. The summed E-state index contributed by atoms with van der Waals surface area (Å²) >= 11 is 0. The van der Waals surface area contributed by atoms with Gasteiger partial charge in [0.1, 0.15) is 11.5 Å². The minimum Gasteiger partial charge on any atom is -0.507 e. The summed E-state index contributed by atoms with van der Waals surface area (Å²) in [6.07, 6.45) is 0. The maximum atomic E-state index is 10.9. The van der Waals surface area contributed by atoms with E-state index in [-0.39, 0.29) is 0 Å². The van der Waals surface area contributed by atoms with Crippen LogP contribution in [0.25, 0.3) is 22.3 Å². The van der Waals surface area contributed by atoms with Crippen molar-refractivity contribution in [2.24, 2.45) is 0 Å². The molecule has 0 fully saturated rings. The van der Waals surface area contributed by atoms with Gasteiger partial charge in [-0.1, -0.05) is 45.9 Å². The molecule has 0 aliphatic heterocycles. The van der Waals surface area contributed by atoms with Gasteiger partial charge in [0.2, 0.25) is 0 Å². The molecule has 3 rings (SSSR count). The van der Waals surface area contributed by atoms with Crippen molar-refractivity contribution in [1.29, 1.82) is 0 Å². The molecule has 3 aromatic rings. The van der Waals surface area contributed by atoms with Crippen LogP contribution in [0.4, 0.5) is 0 Å². The van der Waals surface area contributed by atoms with Crippen molar-refractivity contribution >= 4 is 0 Å². The van der Waals surface area contributed by atoms with Gasteiger partial charge in [-0.3, -0.25) is 0 Å². The van der Waals surface area contributed by atoms with Gasteiger partial charge >= 0.3 is 0 Å². The normalized spacial score (nSPS) is 11.5. The molecular weight excluding hydrogens is 368 g/mol. The van der Waals surface area contributed by atoms with Crippen molar-refractivity contribution in [3.05, 3.63) is 69.8 Å². The molecule has 0 spiro atoms. The molecule has 0 amide bonds. The largest absolute Gasteiger partial charge is 0.507 e. The summed E-state index contributed by atoms with van der Waals surface area (Å²) in [5.41, 5.74) is 10.2. The summed E-state index contributed by atoms with van der Waals surface area (Å²) in [5, 5.41) is 21.8. The van der Waals surface area contributed by atoms with Gasteiger partial charge in [-0.05, 0) is 102 Å². The summed E-state index contributed by atoms with van der Waals surface area (Å²) < 4.78 is 0. The van der Waals surface area contributed by atoms with E-state index < -0.39 is 0 Å². The van der Waals surface area contributed by atoms with Crippen LogP contribution in [0.1, 0.15) is 72.9 Å². The Kier molecular flexibility index (Phi) is 5.99. The number of hydrogen-bond donors (Lipinski definition) is 2. The van der Waals surface area contributed by atoms with Gasteiger partial charge in [0.15, 0.2) is 0 Å². The lowest BCUT2D eigenvalue weighted by molar-refractivity contribution is 0.473. The van der Waals surface area contributed by atoms with E-state index in [9.17, 15) is 10.2 Å². The Balaban J connectivity index is 2.45. The molecule has 0 atom stereocenters. The summed E-state index contributed by atoms with van der Waals surface area (Å²) in [4.78, 5) is 0. The number of hydrogen-bond acceptors (Lipinski definition) is 2. The van der Waals surface area contributed by atoms with Crippen LogP contribution in [0.2, 0.25) is 0 Å². The smallest absolute Gasteiger partial charge is 0.126 e. The second kappa shape index (κ2) is 8.18. The third-order valence-corrected chi connectivity index (χ3v) is 5.94. The van der Waals surface area contributed by atoms with Crippen molar-refractivity contribution in [2.75, 3.05) is 0 Å². The number of benzene rings is 3. The monoisotopic (exact) mass is 402 g/mol. The SMILES string of the molecule is Cc1cc(C)c(O)c(-c2cc(-c3cc(C)cc(C)c3O)c(C(C)C)cc2C(C)C)c1. The first-order chi connectivity index (χ1) is 14.0. The van der Waals surface area contributed by atoms with E-state index in [4.69, 9.17) is 0 Å². The third-order valence-electron chi connectivity index (χ3n) is 5.94. The number of rotatable bonds is 4. The van der Waals surface area contributed by atoms with Crippen LogP contribution in [-0.2, 0) is 0 Å². The maximum absolute atomic E-state index is 10.9. The lowest BCUT2D eigenvalue weighted by atomic mass is 9.82. The van der Waals surface area contributed by atoms with Crippen molar-refractivity contribution < 1.29 is 10.2 Å². The molecule has 0 saturated heterocycles. The molecule has 158 valence electrons. The van der Waals surface area contributed by atoms with E-state index in [1.807, 2.05) is 26.0 Å². The average Bonchev–Trinajstić information content (AvgIpc) is 2.66. The minimum absolute atomic E-state index is 0.305. The molecule has 0 aliphatic rings. The lowest BCUT2D eigenvalue weighted by Crippen LogP contribution is -2.01. The quantitative estimate of drug-likeness (QED) is 0.465. The fraction of sp³-hybridized carbons (Fsp3) is 0.357. The van der Waals surface area contributed by atoms with Crippen molar-refractivity contribution in [3.63, 3.8) is 0 Å². The first kappa shape index (κ1) is 22.0. The second-order valence-electron chi connectivity index (χ2n) is 9.29. The minimum atomic E-state index is 0.305. The van der Waals surface area contributed by atoms with Crippen molar-refractivity contribution in [3.8, 4) is 33.8 Å². The number of aryl methyl sites for hydroxylation is 4. The van der Waals surface area contributed by atoms with Crippen LogP contribution in [0.15, 0.2) is 36.4 Å². The topological polar surface area (TPSA) is 40.5 Å². The predicted molar refractivity (Wildman–Crippen MR) is 128 cm³/mol. The average molecular weight is 403 g/mol. The first-order valence-electron chi connectivity index (χ1n) is 10.8. The van der Waals surface area contributed by atoms with Gasteiger partial charge in [0.05, 0.1) is 0 Å². The molecule has 30 heavy (non-hydrogen) atoms. The molecule has 0 aromatic heterocycles. The molecular formula is C28H34O2. The summed E-state index contributed by atoms with van der Waals surface area (Å²) in [5.74, 6) is 1.27. The number of phenolic OH excluding ortho intramolecular Hbond substituents is 2. The summed E-state index contributed by atoms with van der Waals surface area (Å²) in [7, 11) is 0. The first-order valence-corrected chi connectivity index (χ1v) is 10.8. The molecule has 0 aliphatic carbocycles.